The van der Waals surface area contributed by atoms with Crippen molar-refractivity contribution in [3.8, 4) is 0 Å². The van der Waals surface area contributed by atoms with Crippen molar-refractivity contribution in [1.82, 2.24) is 9.91 Å². The smallest absolute Gasteiger partial charge is 0.278 e. The van der Waals surface area contributed by atoms with Crippen molar-refractivity contribution in [3.05, 3.63) is 76.9 Å². The van der Waals surface area contributed by atoms with Gasteiger partial charge in [-0.25, -0.2) is 5.01 Å². The zero-order valence-corrected chi connectivity index (χ0v) is 19.5. The van der Waals surface area contributed by atoms with Crippen LogP contribution in [0.3, 0.4) is 0 Å². The average Bonchev–Trinajstić information content (AvgIpc) is 3.15. The number of carbonyl (C=O) groups excluding carboxylic acids is 3. The molecule has 0 N–H and O–H groups in total. The van der Waals surface area contributed by atoms with Gasteiger partial charge in [0.15, 0.2) is 0 Å². The molecule has 3 aromatic carbocycles. The van der Waals surface area contributed by atoms with E-state index in [4.69, 9.17) is 4.74 Å². The molecule has 0 aliphatic carbocycles. The zero-order valence-electron chi connectivity index (χ0n) is 19.5. The van der Waals surface area contributed by atoms with Crippen LogP contribution in [0.1, 0.15) is 46.3 Å². The lowest BCUT2D eigenvalue weighted by atomic mass is 9.95. The van der Waals surface area contributed by atoms with Crippen molar-refractivity contribution in [3.63, 3.8) is 0 Å². The molecule has 2 fully saturated rings. The second kappa shape index (κ2) is 8.91. The molecule has 3 aliphatic heterocycles. The van der Waals surface area contributed by atoms with Crippen molar-refractivity contribution in [2.24, 2.45) is 0 Å². The standard InChI is InChI=1S/C28H27N3O4/c32-25-5-2-6-26(33)31(25)30-24-12-11-21(22-3-1-4-23(27(22)24)28(30)34)17-19-7-9-20(10-8-19)18-29-13-15-35-16-14-29/h1,3-4,7-12H,2,5-6,13-18H2. The Morgan fingerprint density at radius 3 is 2.23 bits per heavy atom. The van der Waals surface area contributed by atoms with Crippen LogP contribution in [0.4, 0.5) is 5.69 Å². The summed E-state index contributed by atoms with van der Waals surface area (Å²) in [5.74, 6) is -0.965. The molecule has 3 heterocycles. The lowest BCUT2D eigenvalue weighted by molar-refractivity contribution is -0.148. The number of amides is 3. The topological polar surface area (TPSA) is 70.2 Å². The first-order valence-corrected chi connectivity index (χ1v) is 12.2. The first-order valence-electron chi connectivity index (χ1n) is 12.2. The van der Waals surface area contributed by atoms with E-state index in [1.807, 2.05) is 24.3 Å². The minimum absolute atomic E-state index is 0.272. The molecule has 0 radical (unpaired) electrons. The maximum absolute atomic E-state index is 13.3. The highest BCUT2D eigenvalue weighted by molar-refractivity contribution is 6.27. The fraction of sp³-hybridized carbons (Fsp3) is 0.321. The van der Waals surface area contributed by atoms with E-state index in [2.05, 4.69) is 29.2 Å². The van der Waals surface area contributed by atoms with Crippen LogP contribution in [0, 0.1) is 0 Å². The molecule has 0 saturated carbocycles. The van der Waals surface area contributed by atoms with Gasteiger partial charge in [-0.3, -0.25) is 19.3 Å². The molecule has 3 aliphatic rings. The summed E-state index contributed by atoms with van der Waals surface area (Å²) in [5.41, 5.74) is 4.73. The maximum Gasteiger partial charge on any atom is 0.278 e. The van der Waals surface area contributed by atoms with Crippen LogP contribution in [0.25, 0.3) is 10.8 Å². The van der Waals surface area contributed by atoms with Gasteiger partial charge in [-0.15, -0.1) is 0 Å². The number of anilines is 1. The molecule has 0 spiro atoms. The predicted octanol–water partition coefficient (Wildman–Crippen LogP) is 3.68. The van der Waals surface area contributed by atoms with E-state index in [0.717, 1.165) is 60.6 Å². The molecular formula is C28H27N3O4. The third kappa shape index (κ3) is 3.90. The van der Waals surface area contributed by atoms with Crippen LogP contribution in [0.5, 0.6) is 0 Å². The van der Waals surface area contributed by atoms with Crippen molar-refractivity contribution in [2.45, 2.75) is 32.2 Å². The van der Waals surface area contributed by atoms with E-state index in [-0.39, 0.29) is 30.6 Å². The van der Waals surface area contributed by atoms with Crippen LogP contribution in [-0.2, 0) is 27.3 Å². The molecule has 3 aromatic rings. The van der Waals surface area contributed by atoms with Gasteiger partial charge < -0.3 is 4.74 Å². The Bertz CT molecular complexity index is 1310. The van der Waals surface area contributed by atoms with Gasteiger partial charge in [0.2, 0.25) is 11.8 Å². The quantitative estimate of drug-likeness (QED) is 0.534. The summed E-state index contributed by atoms with van der Waals surface area (Å²) < 4.78 is 5.44. The lowest BCUT2D eigenvalue weighted by Crippen LogP contribution is -2.53. The first kappa shape index (κ1) is 21.9. The number of carbonyl (C=O) groups is 3. The molecule has 0 atom stereocenters. The van der Waals surface area contributed by atoms with Gasteiger partial charge >= 0.3 is 0 Å². The van der Waals surface area contributed by atoms with Gasteiger partial charge in [-0.05, 0) is 47.1 Å². The van der Waals surface area contributed by atoms with E-state index < -0.39 is 0 Å². The van der Waals surface area contributed by atoms with Crippen molar-refractivity contribution < 1.29 is 19.1 Å². The van der Waals surface area contributed by atoms with E-state index >= 15 is 0 Å². The minimum atomic E-state index is -0.322. The van der Waals surface area contributed by atoms with Gasteiger partial charge in [-0.1, -0.05) is 42.5 Å². The highest BCUT2D eigenvalue weighted by atomic mass is 16.5. The van der Waals surface area contributed by atoms with Crippen LogP contribution < -0.4 is 5.01 Å². The molecule has 7 heteroatoms. The van der Waals surface area contributed by atoms with E-state index in [9.17, 15) is 14.4 Å². The molecule has 3 amide bonds. The number of hydrogen-bond acceptors (Lipinski definition) is 5. The largest absolute Gasteiger partial charge is 0.379 e. The van der Waals surface area contributed by atoms with Crippen LogP contribution in [0.2, 0.25) is 0 Å². The Morgan fingerprint density at radius 1 is 0.771 bits per heavy atom. The molecular weight excluding hydrogens is 442 g/mol. The fourth-order valence-electron chi connectivity index (χ4n) is 5.34. The Labute approximate surface area is 203 Å². The monoisotopic (exact) mass is 469 g/mol. The molecule has 178 valence electrons. The molecule has 0 aromatic heterocycles. The molecule has 0 bridgehead atoms. The molecule has 0 unspecified atom stereocenters. The van der Waals surface area contributed by atoms with Crippen LogP contribution >= 0.6 is 0 Å². The number of imide groups is 1. The number of hydrogen-bond donors (Lipinski definition) is 0. The Morgan fingerprint density at radius 2 is 1.49 bits per heavy atom. The minimum Gasteiger partial charge on any atom is -0.379 e. The Balaban J connectivity index is 1.29. The SMILES string of the molecule is O=C1CCCC(=O)N1N1C(=O)c2cccc3c(Cc4ccc(CN5CCOCC5)cc4)ccc1c23. The Hall–Kier alpha value is -3.55. The summed E-state index contributed by atoms with van der Waals surface area (Å²) in [7, 11) is 0. The van der Waals surface area contributed by atoms with Gasteiger partial charge in [0, 0.05) is 37.9 Å². The highest BCUT2D eigenvalue weighted by Crippen LogP contribution is 2.41. The summed E-state index contributed by atoms with van der Waals surface area (Å²) in [6.07, 6.45) is 1.81. The van der Waals surface area contributed by atoms with Gasteiger partial charge in [-0.2, -0.15) is 5.01 Å². The fourth-order valence-corrected chi connectivity index (χ4v) is 5.34. The van der Waals surface area contributed by atoms with Crippen LogP contribution in [0.15, 0.2) is 54.6 Å². The van der Waals surface area contributed by atoms with Crippen molar-refractivity contribution >= 4 is 34.2 Å². The predicted molar refractivity (Wildman–Crippen MR) is 132 cm³/mol. The first-order chi connectivity index (χ1) is 17.1. The molecule has 2 saturated heterocycles. The third-order valence-electron chi connectivity index (χ3n) is 7.14. The summed E-state index contributed by atoms with van der Waals surface area (Å²) >= 11 is 0. The van der Waals surface area contributed by atoms with Gasteiger partial charge in [0.05, 0.1) is 24.5 Å². The number of piperidine rings is 1. The number of hydrazine groups is 1. The second-order valence-corrected chi connectivity index (χ2v) is 9.42. The number of rotatable bonds is 5. The zero-order chi connectivity index (χ0) is 23.9. The summed E-state index contributed by atoms with van der Waals surface area (Å²) in [4.78, 5) is 40.9. The van der Waals surface area contributed by atoms with Crippen molar-refractivity contribution in [2.75, 3.05) is 31.3 Å². The van der Waals surface area contributed by atoms with Crippen LogP contribution in [-0.4, -0.2) is 53.9 Å². The molecule has 6 rings (SSSR count). The average molecular weight is 470 g/mol. The molecule has 35 heavy (non-hydrogen) atoms. The lowest BCUT2D eigenvalue weighted by Gasteiger charge is -2.33. The number of benzene rings is 3. The summed E-state index contributed by atoms with van der Waals surface area (Å²) in [6, 6.07) is 18.2. The maximum atomic E-state index is 13.3. The van der Waals surface area contributed by atoms with Gasteiger partial charge in [0.1, 0.15) is 0 Å². The normalized spacial score (nSPS) is 18.7. The number of morpholine rings is 1. The highest BCUT2D eigenvalue weighted by Gasteiger charge is 2.41. The number of ether oxygens (including phenoxy) is 1. The van der Waals surface area contributed by atoms with Crippen molar-refractivity contribution in [1.29, 1.82) is 0 Å². The van der Waals surface area contributed by atoms with E-state index in [1.165, 1.54) is 16.1 Å². The van der Waals surface area contributed by atoms with E-state index in [1.54, 1.807) is 6.07 Å². The van der Waals surface area contributed by atoms with E-state index in [0.29, 0.717) is 17.7 Å². The summed E-state index contributed by atoms with van der Waals surface area (Å²) in [6.45, 7) is 4.45. The Kier molecular flexibility index (Phi) is 5.59. The number of nitrogens with zero attached hydrogens (tertiary/aromatic N) is 3. The van der Waals surface area contributed by atoms with Gasteiger partial charge in [0.25, 0.3) is 5.91 Å². The second-order valence-electron chi connectivity index (χ2n) is 9.42. The summed E-state index contributed by atoms with van der Waals surface area (Å²) in [5, 5.41) is 4.12. The third-order valence-corrected chi connectivity index (χ3v) is 7.14. The molecule has 7 nitrogen and oxygen atoms in total.